The van der Waals surface area contributed by atoms with Gasteiger partial charge in [0.1, 0.15) is 11.6 Å². The first kappa shape index (κ1) is 15.6. The van der Waals surface area contributed by atoms with Crippen LogP contribution in [-0.4, -0.2) is 24.1 Å². The number of halogens is 1. The summed E-state index contributed by atoms with van der Waals surface area (Å²) in [4.78, 5) is 9.24. The van der Waals surface area contributed by atoms with Crippen molar-refractivity contribution >= 4 is 17.4 Å². The van der Waals surface area contributed by atoms with Crippen LogP contribution >= 0.6 is 11.6 Å². The van der Waals surface area contributed by atoms with Crippen LogP contribution < -0.4 is 10.1 Å². The van der Waals surface area contributed by atoms with Gasteiger partial charge >= 0.3 is 0 Å². The fourth-order valence-corrected chi connectivity index (χ4v) is 2.66. The molecule has 4 nitrogen and oxygen atoms in total. The Morgan fingerprint density at radius 2 is 1.95 bits per heavy atom. The van der Waals surface area contributed by atoms with E-state index in [1.54, 1.807) is 7.11 Å². The standard InChI is InChI=1S/C16H20ClN3O/c1-9(2)14-10(3)19-15(20-16(14)18-4)11-6-7-13(21-5)12(17)8-11/h6-9H,1-5H3,(H,18,19,20). The maximum Gasteiger partial charge on any atom is 0.161 e. The molecule has 0 radical (unpaired) electrons. The predicted molar refractivity (Wildman–Crippen MR) is 87.4 cm³/mol. The molecule has 2 rings (SSSR count). The SMILES string of the molecule is CNc1nc(-c2ccc(OC)c(Cl)c2)nc(C)c1C(C)C. The molecule has 1 N–H and O–H groups in total. The van der Waals surface area contributed by atoms with Crippen LogP contribution in [0.2, 0.25) is 5.02 Å². The van der Waals surface area contributed by atoms with E-state index in [4.69, 9.17) is 16.3 Å². The van der Waals surface area contributed by atoms with E-state index in [0.717, 1.165) is 22.6 Å². The molecule has 21 heavy (non-hydrogen) atoms. The van der Waals surface area contributed by atoms with Crippen molar-refractivity contribution in [3.8, 4) is 17.1 Å². The van der Waals surface area contributed by atoms with E-state index in [1.807, 2.05) is 32.2 Å². The van der Waals surface area contributed by atoms with Gasteiger partial charge in [0.05, 0.1) is 12.1 Å². The zero-order valence-corrected chi connectivity index (χ0v) is 13.7. The average Bonchev–Trinajstić information content (AvgIpc) is 2.45. The van der Waals surface area contributed by atoms with Crippen molar-refractivity contribution in [2.75, 3.05) is 19.5 Å². The zero-order chi connectivity index (χ0) is 15.6. The van der Waals surface area contributed by atoms with E-state index in [1.165, 1.54) is 0 Å². The van der Waals surface area contributed by atoms with Crippen LogP contribution in [0.5, 0.6) is 5.75 Å². The lowest BCUT2D eigenvalue weighted by Crippen LogP contribution is -2.07. The third-order valence-corrected chi connectivity index (χ3v) is 3.66. The van der Waals surface area contributed by atoms with Gasteiger partial charge in [0.2, 0.25) is 0 Å². The van der Waals surface area contributed by atoms with Crippen LogP contribution in [0.4, 0.5) is 5.82 Å². The molecule has 1 heterocycles. The second kappa shape index (κ2) is 6.31. The monoisotopic (exact) mass is 305 g/mol. The van der Waals surface area contributed by atoms with Crippen LogP contribution in [0.1, 0.15) is 31.0 Å². The minimum atomic E-state index is 0.362. The fraction of sp³-hybridized carbons (Fsp3) is 0.375. The highest BCUT2D eigenvalue weighted by molar-refractivity contribution is 6.32. The quantitative estimate of drug-likeness (QED) is 0.916. The number of rotatable bonds is 4. The van der Waals surface area contributed by atoms with Gasteiger partial charge in [0, 0.05) is 23.9 Å². The molecule has 2 aromatic rings. The smallest absolute Gasteiger partial charge is 0.161 e. The van der Waals surface area contributed by atoms with Crippen LogP contribution in [0.25, 0.3) is 11.4 Å². The first-order chi connectivity index (χ1) is 9.97. The van der Waals surface area contributed by atoms with E-state index in [0.29, 0.717) is 22.5 Å². The summed E-state index contributed by atoms with van der Waals surface area (Å²) in [6.07, 6.45) is 0. The van der Waals surface area contributed by atoms with Crippen molar-refractivity contribution in [1.82, 2.24) is 9.97 Å². The predicted octanol–water partition coefficient (Wildman–Crippen LogP) is 4.28. The van der Waals surface area contributed by atoms with Gasteiger partial charge in [-0.25, -0.2) is 9.97 Å². The molecule has 112 valence electrons. The van der Waals surface area contributed by atoms with Crippen molar-refractivity contribution in [3.05, 3.63) is 34.5 Å². The molecule has 1 aromatic carbocycles. The number of benzene rings is 1. The lowest BCUT2D eigenvalue weighted by atomic mass is 10.0. The molecular weight excluding hydrogens is 286 g/mol. The van der Waals surface area contributed by atoms with Crippen molar-refractivity contribution in [2.45, 2.75) is 26.7 Å². The Morgan fingerprint density at radius 1 is 1.24 bits per heavy atom. The zero-order valence-electron chi connectivity index (χ0n) is 13.0. The van der Waals surface area contributed by atoms with Gasteiger partial charge in [0.15, 0.2) is 5.82 Å². The second-order valence-corrected chi connectivity index (χ2v) is 5.56. The molecule has 0 saturated carbocycles. The Hall–Kier alpha value is -1.81. The van der Waals surface area contributed by atoms with Gasteiger partial charge in [-0.15, -0.1) is 0 Å². The largest absolute Gasteiger partial charge is 0.495 e. The maximum atomic E-state index is 6.18. The topological polar surface area (TPSA) is 47.0 Å². The summed E-state index contributed by atoms with van der Waals surface area (Å²) in [6.45, 7) is 6.28. The van der Waals surface area contributed by atoms with Crippen molar-refractivity contribution < 1.29 is 4.74 Å². The van der Waals surface area contributed by atoms with Gasteiger partial charge < -0.3 is 10.1 Å². The van der Waals surface area contributed by atoms with Crippen LogP contribution in [0.3, 0.4) is 0 Å². The Balaban J connectivity index is 2.55. The Morgan fingerprint density at radius 3 is 2.48 bits per heavy atom. The van der Waals surface area contributed by atoms with Gasteiger partial charge in [-0.2, -0.15) is 0 Å². The molecule has 5 heteroatoms. The maximum absolute atomic E-state index is 6.18. The first-order valence-electron chi connectivity index (χ1n) is 6.88. The van der Waals surface area contributed by atoms with Crippen LogP contribution in [0.15, 0.2) is 18.2 Å². The van der Waals surface area contributed by atoms with Crippen LogP contribution in [-0.2, 0) is 0 Å². The molecule has 0 amide bonds. The highest BCUT2D eigenvalue weighted by atomic mass is 35.5. The molecule has 0 aliphatic carbocycles. The summed E-state index contributed by atoms with van der Waals surface area (Å²) in [7, 11) is 3.47. The van der Waals surface area contributed by atoms with Gasteiger partial charge in [-0.05, 0) is 31.0 Å². The lowest BCUT2D eigenvalue weighted by molar-refractivity contribution is 0.415. The molecule has 0 fully saturated rings. The molecule has 0 aliphatic rings. The number of aryl methyl sites for hydroxylation is 1. The van der Waals surface area contributed by atoms with E-state index in [9.17, 15) is 0 Å². The number of hydrogen-bond donors (Lipinski definition) is 1. The second-order valence-electron chi connectivity index (χ2n) is 5.15. The number of aromatic nitrogens is 2. The minimum absolute atomic E-state index is 0.362. The normalized spacial score (nSPS) is 10.8. The summed E-state index contributed by atoms with van der Waals surface area (Å²) >= 11 is 6.18. The van der Waals surface area contributed by atoms with Crippen molar-refractivity contribution in [2.24, 2.45) is 0 Å². The summed E-state index contributed by atoms with van der Waals surface area (Å²) in [5, 5.41) is 3.71. The molecule has 0 unspecified atom stereocenters. The van der Waals surface area contributed by atoms with Gasteiger partial charge in [0.25, 0.3) is 0 Å². The Kier molecular flexibility index (Phi) is 4.68. The summed E-state index contributed by atoms with van der Waals surface area (Å²) in [5.74, 6) is 2.52. The van der Waals surface area contributed by atoms with E-state index in [-0.39, 0.29) is 0 Å². The summed E-state index contributed by atoms with van der Waals surface area (Å²) < 4.78 is 5.17. The highest BCUT2D eigenvalue weighted by Crippen LogP contribution is 2.31. The Bertz CT molecular complexity index is 656. The average molecular weight is 306 g/mol. The molecular formula is C16H20ClN3O. The number of ether oxygens (including phenoxy) is 1. The van der Waals surface area contributed by atoms with Gasteiger partial charge in [-0.3, -0.25) is 0 Å². The van der Waals surface area contributed by atoms with Crippen LogP contribution in [0, 0.1) is 6.92 Å². The molecule has 0 aliphatic heterocycles. The van der Waals surface area contributed by atoms with E-state index in [2.05, 4.69) is 29.1 Å². The lowest BCUT2D eigenvalue weighted by Gasteiger charge is -2.16. The number of anilines is 1. The number of hydrogen-bond acceptors (Lipinski definition) is 4. The minimum Gasteiger partial charge on any atom is -0.495 e. The third kappa shape index (κ3) is 3.10. The van der Waals surface area contributed by atoms with E-state index < -0.39 is 0 Å². The summed E-state index contributed by atoms with van der Waals surface area (Å²) in [6, 6.07) is 5.56. The number of methoxy groups -OCH3 is 1. The van der Waals surface area contributed by atoms with Crippen molar-refractivity contribution in [3.63, 3.8) is 0 Å². The Labute approximate surface area is 130 Å². The number of nitrogens with one attached hydrogen (secondary N) is 1. The van der Waals surface area contributed by atoms with Crippen molar-refractivity contribution in [1.29, 1.82) is 0 Å². The first-order valence-corrected chi connectivity index (χ1v) is 7.26. The summed E-state index contributed by atoms with van der Waals surface area (Å²) in [5.41, 5.74) is 2.99. The molecule has 0 saturated heterocycles. The molecule has 0 bridgehead atoms. The third-order valence-electron chi connectivity index (χ3n) is 3.36. The van der Waals surface area contributed by atoms with E-state index >= 15 is 0 Å². The number of nitrogens with zero attached hydrogens (tertiary/aromatic N) is 2. The van der Waals surface area contributed by atoms with Gasteiger partial charge in [-0.1, -0.05) is 25.4 Å². The molecule has 0 atom stereocenters. The highest BCUT2D eigenvalue weighted by Gasteiger charge is 2.15. The molecule has 0 spiro atoms. The fourth-order valence-electron chi connectivity index (χ4n) is 2.40. The molecule has 1 aromatic heterocycles.